The van der Waals surface area contributed by atoms with Crippen LogP contribution in [-0.4, -0.2) is 32.8 Å². The van der Waals surface area contributed by atoms with E-state index in [1.54, 1.807) is 13.0 Å². The minimum absolute atomic E-state index is 0.113. The summed E-state index contributed by atoms with van der Waals surface area (Å²) < 4.78 is 1.34. The van der Waals surface area contributed by atoms with Crippen LogP contribution >= 0.6 is 0 Å². The first-order valence-corrected chi connectivity index (χ1v) is 6.81. The average Bonchev–Trinajstić information content (AvgIpc) is 2.77. The lowest BCUT2D eigenvalue weighted by molar-refractivity contribution is -0.141. The van der Waals surface area contributed by atoms with Crippen LogP contribution in [0.5, 0.6) is 0 Å². The van der Waals surface area contributed by atoms with E-state index in [-0.39, 0.29) is 13.0 Å². The monoisotopic (exact) mass is 302 g/mol. The van der Waals surface area contributed by atoms with Gasteiger partial charge in [0, 0.05) is 12.5 Å². The molecule has 0 aliphatic rings. The van der Waals surface area contributed by atoms with Gasteiger partial charge in [-0.2, -0.15) is 5.10 Å². The first kappa shape index (κ1) is 15.6. The number of aryl methyl sites for hydroxylation is 1. The molecule has 1 heterocycles. The topological polar surface area (TPSA) is 110 Å². The maximum atomic E-state index is 12.0. The number of amides is 1. The van der Waals surface area contributed by atoms with Gasteiger partial charge in [0.15, 0.2) is 0 Å². The molecule has 116 valence electrons. The Balaban J connectivity index is 2.00. The number of aliphatic carboxylic acids is 1. The minimum Gasteiger partial charge on any atom is -0.480 e. The van der Waals surface area contributed by atoms with Gasteiger partial charge in [-0.3, -0.25) is 4.79 Å². The van der Waals surface area contributed by atoms with Crippen molar-refractivity contribution in [1.29, 1.82) is 0 Å². The van der Waals surface area contributed by atoms with Crippen LogP contribution in [0.2, 0.25) is 0 Å². The predicted molar refractivity (Wildman–Crippen MR) is 81.1 cm³/mol. The molecule has 0 saturated carbocycles. The van der Waals surface area contributed by atoms with Gasteiger partial charge in [0.05, 0.1) is 5.69 Å². The molecular formula is C15H18N4O3. The van der Waals surface area contributed by atoms with Crippen LogP contribution in [0.1, 0.15) is 11.3 Å². The van der Waals surface area contributed by atoms with Crippen molar-refractivity contribution in [3.63, 3.8) is 0 Å². The number of benzene rings is 1. The Morgan fingerprint density at radius 1 is 1.36 bits per heavy atom. The van der Waals surface area contributed by atoms with Crippen molar-refractivity contribution in [3.05, 3.63) is 47.7 Å². The van der Waals surface area contributed by atoms with E-state index in [4.69, 9.17) is 5.73 Å². The summed E-state index contributed by atoms with van der Waals surface area (Å²) in [5.41, 5.74) is 7.24. The Labute approximate surface area is 127 Å². The van der Waals surface area contributed by atoms with Crippen molar-refractivity contribution in [1.82, 2.24) is 15.1 Å². The third-order valence-corrected chi connectivity index (χ3v) is 3.14. The van der Waals surface area contributed by atoms with E-state index < -0.39 is 17.9 Å². The number of carbonyl (C=O) groups is 2. The normalized spacial score (nSPS) is 11.9. The fourth-order valence-corrected chi connectivity index (χ4v) is 2.12. The van der Waals surface area contributed by atoms with Crippen molar-refractivity contribution >= 4 is 17.7 Å². The second kappa shape index (κ2) is 6.75. The van der Waals surface area contributed by atoms with E-state index in [9.17, 15) is 14.7 Å². The molecule has 0 bridgehead atoms. The number of hydrogen-bond acceptors (Lipinski definition) is 4. The van der Waals surface area contributed by atoms with E-state index in [1.165, 1.54) is 4.68 Å². The third kappa shape index (κ3) is 4.08. The van der Waals surface area contributed by atoms with Crippen LogP contribution in [-0.2, 0) is 22.6 Å². The highest BCUT2D eigenvalue weighted by Crippen LogP contribution is 2.06. The minimum atomic E-state index is -1.08. The van der Waals surface area contributed by atoms with E-state index in [0.717, 1.165) is 5.56 Å². The summed E-state index contributed by atoms with van der Waals surface area (Å²) in [5, 5.41) is 15.8. The molecule has 1 atom stereocenters. The molecule has 2 rings (SSSR count). The largest absolute Gasteiger partial charge is 0.480 e. The number of rotatable bonds is 6. The van der Waals surface area contributed by atoms with E-state index >= 15 is 0 Å². The predicted octanol–water partition coefficient (Wildman–Crippen LogP) is 0.586. The second-order valence-corrected chi connectivity index (χ2v) is 5.02. The summed E-state index contributed by atoms with van der Waals surface area (Å²) in [6, 6.07) is 9.78. The van der Waals surface area contributed by atoms with Gasteiger partial charge in [-0.15, -0.1) is 0 Å². The van der Waals surface area contributed by atoms with Gasteiger partial charge < -0.3 is 16.2 Å². The molecule has 4 N–H and O–H groups in total. The quantitative estimate of drug-likeness (QED) is 0.723. The zero-order valence-corrected chi connectivity index (χ0v) is 12.2. The Morgan fingerprint density at radius 2 is 2.05 bits per heavy atom. The van der Waals surface area contributed by atoms with Crippen molar-refractivity contribution in [3.8, 4) is 0 Å². The molecule has 2 aromatic rings. The van der Waals surface area contributed by atoms with Crippen LogP contribution in [0.3, 0.4) is 0 Å². The standard InChI is InChI=1S/C15H18N4O3/c1-10-7-13(16)19(18-10)9-14(20)17-12(15(21)22)8-11-5-3-2-4-6-11/h2-7,12H,8-9,16H2,1H3,(H,17,20)(H,21,22)/t12-/m0/s1. The average molecular weight is 302 g/mol. The zero-order chi connectivity index (χ0) is 16.1. The summed E-state index contributed by atoms with van der Waals surface area (Å²) in [6.07, 6.45) is 0.218. The van der Waals surface area contributed by atoms with Crippen LogP contribution in [0.4, 0.5) is 5.82 Å². The Morgan fingerprint density at radius 3 is 2.59 bits per heavy atom. The zero-order valence-electron chi connectivity index (χ0n) is 12.2. The number of nitrogens with one attached hydrogen (secondary N) is 1. The van der Waals surface area contributed by atoms with Gasteiger partial charge in [0.1, 0.15) is 18.4 Å². The van der Waals surface area contributed by atoms with Crippen LogP contribution in [0.25, 0.3) is 0 Å². The lowest BCUT2D eigenvalue weighted by Crippen LogP contribution is -2.43. The highest BCUT2D eigenvalue weighted by molar-refractivity contribution is 5.83. The van der Waals surface area contributed by atoms with Crippen molar-refractivity contribution in [2.24, 2.45) is 0 Å². The molecule has 0 aliphatic carbocycles. The summed E-state index contributed by atoms with van der Waals surface area (Å²) in [5.74, 6) is -1.16. The third-order valence-electron chi connectivity index (χ3n) is 3.14. The number of anilines is 1. The number of nitrogens with two attached hydrogens (primary N) is 1. The molecule has 0 fully saturated rings. The molecule has 22 heavy (non-hydrogen) atoms. The van der Waals surface area contributed by atoms with Crippen LogP contribution in [0.15, 0.2) is 36.4 Å². The SMILES string of the molecule is Cc1cc(N)n(CC(=O)N[C@@H](Cc2ccccc2)C(=O)O)n1. The Hall–Kier alpha value is -2.83. The molecular weight excluding hydrogens is 284 g/mol. The number of carboxylic acids is 1. The first-order valence-electron chi connectivity index (χ1n) is 6.81. The number of nitrogens with zero attached hydrogens (tertiary/aromatic N) is 2. The smallest absolute Gasteiger partial charge is 0.326 e. The highest BCUT2D eigenvalue weighted by atomic mass is 16.4. The van der Waals surface area contributed by atoms with Crippen molar-refractivity contribution < 1.29 is 14.7 Å². The molecule has 1 aromatic carbocycles. The molecule has 1 aromatic heterocycles. The fraction of sp³-hybridized carbons (Fsp3) is 0.267. The number of carbonyl (C=O) groups excluding carboxylic acids is 1. The van der Waals surface area contributed by atoms with Crippen molar-refractivity contribution in [2.45, 2.75) is 25.9 Å². The van der Waals surface area contributed by atoms with Gasteiger partial charge in [-0.25, -0.2) is 9.48 Å². The second-order valence-electron chi connectivity index (χ2n) is 5.02. The lowest BCUT2D eigenvalue weighted by atomic mass is 10.1. The summed E-state index contributed by atoms with van der Waals surface area (Å²) in [4.78, 5) is 23.3. The Bertz CT molecular complexity index is 667. The molecule has 0 spiro atoms. The maximum Gasteiger partial charge on any atom is 0.326 e. The summed E-state index contributed by atoms with van der Waals surface area (Å²) in [7, 11) is 0. The molecule has 0 unspecified atom stereocenters. The van der Waals surface area contributed by atoms with Gasteiger partial charge in [0.25, 0.3) is 0 Å². The number of nitrogen functional groups attached to an aromatic ring is 1. The van der Waals surface area contributed by atoms with Gasteiger partial charge in [-0.1, -0.05) is 30.3 Å². The lowest BCUT2D eigenvalue weighted by Gasteiger charge is -2.15. The van der Waals surface area contributed by atoms with E-state index in [2.05, 4.69) is 10.4 Å². The number of hydrogen-bond donors (Lipinski definition) is 3. The Kier molecular flexibility index (Phi) is 4.77. The maximum absolute atomic E-state index is 12.0. The molecule has 0 radical (unpaired) electrons. The summed E-state index contributed by atoms with van der Waals surface area (Å²) >= 11 is 0. The first-order chi connectivity index (χ1) is 10.5. The van der Waals surface area contributed by atoms with Gasteiger partial charge in [0.2, 0.25) is 5.91 Å². The molecule has 1 amide bonds. The molecule has 0 aliphatic heterocycles. The van der Waals surface area contributed by atoms with Crippen LogP contribution in [0, 0.1) is 6.92 Å². The number of carboxylic acid groups (broad SMARTS) is 1. The van der Waals surface area contributed by atoms with E-state index in [1.807, 2.05) is 30.3 Å². The fourth-order valence-electron chi connectivity index (χ4n) is 2.12. The molecule has 7 heteroatoms. The molecule has 7 nitrogen and oxygen atoms in total. The summed E-state index contributed by atoms with van der Waals surface area (Å²) in [6.45, 7) is 1.65. The molecule has 0 saturated heterocycles. The number of aromatic nitrogens is 2. The van der Waals surface area contributed by atoms with E-state index in [0.29, 0.717) is 11.5 Å². The van der Waals surface area contributed by atoms with Crippen molar-refractivity contribution in [2.75, 3.05) is 5.73 Å². The highest BCUT2D eigenvalue weighted by Gasteiger charge is 2.21. The van der Waals surface area contributed by atoms with Gasteiger partial charge in [-0.05, 0) is 12.5 Å². The van der Waals surface area contributed by atoms with Gasteiger partial charge >= 0.3 is 5.97 Å². The van der Waals surface area contributed by atoms with Crippen LogP contribution < -0.4 is 11.1 Å².